The second-order valence-corrected chi connectivity index (χ2v) is 5.33. The molecule has 5 nitrogen and oxygen atoms in total. The van der Waals surface area contributed by atoms with Crippen LogP contribution in [-0.2, 0) is 13.0 Å². The molecule has 1 aliphatic rings. The van der Waals surface area contributed by atoms with Gasteiger partial charge in [0.2, 0.25) is 0 Å². The van der Waals surface area contributed by atoms with Crippen molar-refractivity contribution in [3.8, 4) is 0 Å². The normalized spacial score (nSPS) is 13.9. The van der Waals surface area contributed by atoms with Crippen molar-refractivity contribution in [3.05, 3.63) is 63.2 Å². The Labute approximate surface area is 123 Å². The Bertz CT molecular complexity index is 713. The fraction of sp³-hybridized carbons (Fsp3) is 0.250. The van der Waals surface area contributed by atoms with Gasteiger partial charge in [-0.2, -0.15) is 0 Å². The van der Waals surface area contributed by atoms with E-state index in [-0.39, 0.29) is 10.6 Å². The van der Waals surface area contributed by atoms with E-state index in [2.05, 4.69) is 11.0 Å². The summed E-state index contributed by atoms with van der Waals surface area (Å²) in [6.07, 6.45) is 0.905. The number of hydrogen-bond acceptors (Lipinski definition) is 4. The quantitative estimate of drug-likeness (QED) is 0.522. The van der Waals surface area contributed by atoms with E-state index >= 15 is 0 Å². The average Bonchev–Trinajstić information content (AvgIpc) is 2.47. The molecule has 0 aliphatic carbocycles. The van der Waals surface area contributed by atoms with Crippen molar-refractivity contribution in [2.24, 2.45) is 0 Å². The Morgan fingerprint density at radius 1 is 1.24 bits per heavy atom. The van der Waals surface area contributed by atoms with E-state index < -0.39 is 0 Å². The molecule has 0 radical (unpaired) electrons. The van der Waals surface area contributed by atoms with Gasteiger partial charge >= 0.3 is 0 Å². The Morgan fingerprint density at radius 2 is 2.00 bits per heavy atom. The lowest BCUT2D eigenvalue weighted by Crippen LogP contribution is -2.31. The zero-order valence-corrected chi connectivity index (χ0v) is 11.9. The molecule has 2 aromatic carbocycles. The maximum atomic E-state index is 11.1. The molecule has 21 heavy (non-hydrogen) atoms. The monoisotopic (exact) mass is 283 g/mol. The fourth-order valence-corrected chi connectivity index (χ4v) is 2.96. The van der Waals surface area contributed by atoms with Crippen LogP contribution in [0.3, 0.4) is 0 Å². The van der Waals surface area contributed by atoms with E-state index in [1.165, 1.54) is 5.56 Å². The number of fused-ring (bicyclic) bond motifs is 1. The number of nitrogen functional groups attached to an aromatic ring is 1. The smallest absolute Gasteiger partial charge is 0.274 e. The van der Waals surface area contributed by atoms with Crippen molar-refractivity contribution < 1.29 is 4.92 Å². The lowest BCUT2D eigenvalue weighted by atomic mass is 9.97. The topological polar surface area (TPSA) is 72.4 Å². The molecule has 0 bridgehead atoms. The van der Waals surface area contributed by atoms with Crippen molar-refractivity contribution in [3.63, 3.8) is 0 Å². The minimum Gasteiger partial charge on any atom is -0.398 e. The summed E-state index contributed by atoms with van der Waals surface area (Å²) in [6.45, 7) is 3.35. The molecule has 108 valence electrons. The van der Waals surface area contributed by atoms with Crippen LogP contribution < -0.4 is 10.6 Å². The summed E-state index contributed by atoms with van der Waals surface area (Å²) in [4.78, 5) is 12.9. The van der Waals surface area contributed by atoms with Crippen molar-refractivity contribution in [1.29, 1.82) is 0 Å². The van der Waals surface area contributed by atoms with Crippen molar-refractivity contribution >= 4 is 17.1 Å². The van der Waals surface area contributed by atoms with Gasteiger partial charge in [0.25, 0.3) is 5.69 Å². The van der Waals surface area contributed by atoms with E-state index in [1.54, 1.807) is 19.1 Å². The Hall–Kier alpha value is -2.56. The highest BCUT2D eigenvalue weighted by atomic mass is 16.6. The van der Waals surface area contributed by atoms with Crippen LogP contribution in [0.5, 0.6) is 0 Å². The molecule has 2 N–H and O–H groups in total. The van der Waals surface area contributed by atoms with Gasteiger partial charge in [0, 0.05) is 30.5 Å². The van der Waals surface area contributed by atoms with Gasteiger partial charge in [0.05, 0.1) is 10.5 Å². The standard InChI is InChI=1S/C16H17N3O2/c1-11-15(6-3-7-16(11)19(20)21)18-9-8-12-4-2-5-14(17)13(12)10-18/h2-7H,8-10,17H2,1H3. The van der Waals surface area contributed by atoms with E-state index in [0.717, 1.165) is 29.9 Å². The molecule has 1 aliphatic heterocycles. The zero-order chi connectivity index (χ0) is 15.0. The molecule has 0 unspecified atom stereocenters. The molecule has 0 amide bonds. The number of nitro benzene ring substituents is 1. The van der Waals surface area contributed by atoms with Crippen LogP contribution in [0, 0.1) is 17.0 Å². The number of nitrogens with two attached hydrogens (primary N) is 1. The highest BCUT2D eigenvalue weighted by Crippen LogP contribution is 2.33. The average molecular weight is 283 g/mol. The lowest BCUT2D eigenvalue weighted by molar-refractivity contribution is -0.385. The SMILES string of the molecule is Cc1c(N2CCc3cccc(N)c3C2)cccc1[N+](=O)[O-]. The number of rotatable bonds is 2. The number of anilines is 2. The highest BCUT2D eigenvalue weighted by molar-refractivity contribution is 5.64. The van der Waals surface area contributed by atoms with E-state index in [9.17, 15) is 10.1 Å². The Balaban J connectivity index is 1.99. The van der Waals surface area contributed by atoms with Crippen molar-refractivity contribution in [2.45, 2.75) is 19.9 Å². The minimum atomic E-state index is -0.328. The number of nitro groups is 1. The first-order valence-electron chi connectivity index (χ1n) is 6.93. The summed E-state index contributed by atoms with van der Waals surface area (Å²) >= 11 is 0. The van der Waals surface area contributed by atoms with E-state index in [4.69, 9.17) is 5.73 Å². The Morgan fingerprint density at radius 3 is 2.76 bits per heavy atom. The molecule has 1 heterocycles. The van der Waals surface area contributed by atoms with Crippen LogP contribution in [0.1, 0.15) is 16.7 Å². The van der Waals surface area contributed by atoms with Gasteiger partial charge in [-0.3, -0.25) is 10.1 Å². The minimum absolute atomic E-state index is 0.166. The summed E-state index contributed by atoms with van der Waals surface area (Å²) in [6, 6.07) is 11.2. The second kappa shape index (κ2) is 5.09. The second-order valence-electron chi connectivity index (χ2n) is 5.33. The summed E-state index contributed by atoms with van der Waals surface area (Å²) in [5.41, 5.74) is 11.1. The maximum absolute atomic E-state index is 11.1. The summed E-state index contributed by atoms with van der Waals surface area (Å²) < 4.78 is 0. The molecule has 2 aromatic rings. The first-order valence-corrected chi connectivity index (χ1v) is 6.93. The van der Waals surface area contributed by atoms with E-state index in [1.807, 2.05) is 18.2 Å². The molecular formula is C16H17N3O2. The van der Waals surface area contributed by atoms with Crippen LogP contribution in [0.25, 0.3) is 0 Å². The van der Waals surface area contributed by atoms with Crippen LogP contribution in [0.4, 0.5) is 17.1 Å². The first-order chi connectivity index (χ1) is 10.1. The molecule has 0 spiro atoms. The predicted molar refractivity (Wildman–Crippen MR) is 83.4 cm³/mol. The first kappa shape index (κ1) is 13.4. The third-order valence-corrected chi connectivity index (χ3v) is 4.12. The summed E-state index contributed by atoms with van der Waals surface area (Å²) in [7, 11) is 0. The molecule has 0 fully saturated rings. The fourth-order valence-electron chi connectivity index (χ4n) is 2.96. The van der Waals surface area contributed by atoms with Crippen LogP contribution in [-0.4, -0.2) is 11.5 Å². The van der Waals surface area contributed by atoms with Gasteiger partial charge in [-0.25, -0.2) is 0 Å². The van der Waals surface area contributed by atoms with Crippen LogP contribution >= 0.6 is 0 Å². The molecule has 0 saturated heterocycles. The molecule has 3 rings (SSSR count). The van der Waals surface area contributed by atoms with Crippen LogP contribution in [0.15, 0.2) is 36.4 Å². The van der Waals surface area contributed by atoms with Gasteiger partial charge in [0.15, 0.2) is 0 Å². The van der Waals surface area contributed by atoms with Crippen molar-refractivity contribution in [1.82, 2.24) is 0 Å². The number of benzene rings is 2. The molecule has 0 atom stereocenters. The lowest BCUT2D eigenvalue weighted by Gasteiger charge is -2.32. The summed E-state index contributed by atoms with van der Waals surface area (Å²) in [5.74, 6) is 0. The third kappa shape index (κ3) is 2.31. The van der Waals surface area contributed by atoms with E-state index in [0.29, 0.717) is 12.1 Å². The third-order valence-electron chi connectivity index (χ3n) is 4.12. The van der Waals surface area contributed by atoms with Gasteiger partial charge < -0.3 is 10.6 Å². The zero-order valence-electron chi connectivity index (χ0n) is 11.9. The molecule has 0 saturated carbocycles. The van der Waals surface area contributed by atoms with Gasteiger partial charge in [-0.15, -0.1) is 0 Å². The molecule has 5 heteroatoms. The van der Waals surface area contributed by atoms with Crippen LogP contribution in [0.2, 0.25) is 0 Å². The molecule has 0 aromatic heterocycles. The summed E-state index contributed by atoms with van der Waals surface area (Å²) in [5, 5.41) is 11.1. The van der Waals surface area contributed by atoms with Gasteiger partial charge in [-0.1, -0.05) is 18.2 Å². The maximum Gasteiger partial charge on any atom is 0.274 e. The molecular weight excluding hydrogens is 266 g/mol. The van der Waals surface area contributed by atoms with Crippen molar-refractivity contribution in [2.75, 3.05) is 17.2 Å². The number of nitrogens with zero attached hydrogens (tertiary/aromatic N) is 2. The largest absolute Gasteiger partial charge is 0.398 e. The Kier molecular flexibility index (Phi) is 3.25. The van der Waals surface area contributed by atoms with Gasteiger partial charge in [-0.05, 0) is 36.6 Å². The predicted octanol–water partition coefficient (Wildman–Crippen LogP) is 3.05. The van der Waals surface area contributed by atoms with Gasteiger partial charge in [0.1, 0.15) is 0 Å². The number of hydrogen-bond donors (Lipinski definition) is 1. The highest BCUT2D eigenvalue weighted by Gasteiger charge is 2.22.